The molecule has 0 aliphatic rings. The number of hydrogen-bond donors (Lipinski definition) is 1. The molecule has 6 nitrogen and oxygen atoms in total. The second-order valence-corrected chi connectivity index (χ2v) is 10.0. The first-order chi connectivity index (χ1) is 12.6. The highest BCUT2D eigenvalue weighted by Gasteiger charge is 2.33. The molecule has 0 atom stereocenters. The van der Waals surface area contributed by atoms with Crippen LogP contribution in [0.5, 0.6) is 0 Å². The lowest BCUT2D eigenvalue weighted by Gasteiger charge is -2.28. The van der Waals surface area contributed by atoms with Crippen molar-refractivity contribution in [2.24, 2.45) is 0 Å². The van der Waals surface area contributed by atoms with Gasteiger partial charge in [0.15, 0.2) is 0 Å². The maximum atomic E-state index is 12.8. The maximum absolute atomic E-state index is 12.8. The van der Waals surface area contributed by atoms with E-state index in [1.165, 1.54) is 0 Å². The Morgan fingerprint density at radius 2 is 1.32 bits per heavy atom. The number of fused-ring (bicyclic) bond motifs is 1. The summed E-state index contributed by atoms with van der Waals surface area (Å²) >= 11 is 0. The molecule has 0 fully saturated rings. The molecule has 2 aromatic rings. The fourth-order valence-corrected chi connectivity index (χ4v) is 2.56. The Bertz CT molecular complexity index is 849. The Morgan fingerprint density at radius 1 is 0.821 bits per heavy atom. The topological polar surface area (TPSA) is 71.6 Å². The summed E-state index contributed by atoms with van der Waals surface area (Å²) in [6.45, 7) is 16.9. The van der Waals surface area contributed by atoms with E-state index in [1.54, 1.807) is 53.7 Å². The van der Waals surface area contributed by atoms with Crippen molar-refractivity contribution in [3.05, 3.63) is 30.0 Å². The number of carbonyl (C=O) groups is 2. The molecular weight excluding hydrogens is 356 g/mol. The molecule has 0 aliphatic carbocycles. The zero-order chi connectivity index (χ0) is 21.5. The Hall–Kier alpha value is -2.50. The van der Waals surface area contributed by atoms with Crippen molar-refractivity contribution < 1.29 is 19.1 Å². The normalized spacial score (nSPS) is 12.8. The van der Waals surface area contributed by atoms with E-state index < -0.39 is 23.4 Å². The second kappa shape index (κ2) is 7.15. The predicted molar refractivity (Wildman–Crippen MR) is 112 cm³/mol. The number of carbonyl (C=O) groups excluding carboxylic acids is 2. The molecule has 2 amide bonds. The smallest absolute Gasteiger partial charge is 0.424 e. The molecule has 0 saturated carbocycles. The van der Waals surface area contributed by atoms with Gasteiger partial charge in [-0.1, -0.05) is 26.8 Å². The molecule has 0 radical (unpaired) electrons. The van der Waals surface area contributed by atoms with E-state index in [2.05, 4.69) is 31.8 Å². The summed E-state index contributed by atoms with van der Waals surface area (Å²) in [4.78, 5) is 29.9. The SMILES string of the molecule is CC(C)(C)OC(=O)N(C(=O)OC(C)(C)C)c1ccc2cc(C(C)(C)C)[nH]c2c1. The van der Waals surface area contributed by atoms with Crippen molar-refractivity contribution in [2.75, 3.05) is 4.90 Å². The third-order valence-corrected chi connectivity index (χ3v) is 3.82. The van der Waals surface area contributed by atoms with Crippen molar-refractivity contribution >= 4 is 28.8 Å². The summed E-state index contributed by atoms with van der Waals surface area (Å²) < 4.78 is 10.9. The number of benzene rings is 1. The number of nitrogens with zero attached hydrogens (tertiary/aromatic N) is 1. The first-order valence-corrected chi connectivity index (χ1v) is 9.46. The van der Waals surface area contributed by atoms with E-state index in [1.807, 2.05) is 6.07 Å². The van der Waals surface area contributed by atoms with Crippen LogP contribution in [-0.4, -0.2) is 28.4 Å². The van der Waals surface area contributed by atoms with Crippen LogP contribution in [0.25, 0.3) is 10.9 Å². The lowest BCUT2D eigenvalue weighted by Crippen LogP contribution is -2.43. The molecule has 0 aliphatic heterocycles. The van der Waals surface area contributed by atoms with Gasteiger partial charge >= 0.3 is 12.2 Å². The van der Waals surface area contributed by atoms with Crippen LogP contribution in [-0.2, 0) is 14.9 Å². The number of hydrogen-bond acceptors (Lipinski definition) is 4. The summed E-state index contributed by atoms with van der Waals surface area (Å²) in [5.41, 5.74) is 0.758. The first kappa shape index (κ1) is 21.8. The van der Waals surface area contributed by atoms with Gasteiger partial charge in [0.05, 0.1) is 5.69 Å². The van der Waals surface area contributed by atoms with Crippen LogP contribution in [0.15, 0.2) is 24.3 Å². The average molecular weight is 389 g/mol. The van der Waals surface area contributed by atoms with Gasteiger partial charge in [0.1, 0.15) is 11.2 Å². The van der Waals surface area contributed by atoms with Gasteiger partial charge in [-0.15, -0.1) is 0 Å². The quantitative estimate of drug-likeness (QED) is 0.637. The van der Waals surface area contributed by atoms with E-state index in [0.717, 1.165) is 21.5 Å². The van der Waals surface area contributed by atoms with Crippen molar-refractivity contribution in [2.45, 2.75) is 78.9 Å². The van der Waals surface area contributed by atoms with Crippen LogP contribution < -0.4 is 4.90 Å². The van der Waals surface area contributed by atoms with Crippen LogP contribution in [0.3, 0.4) is 0 Å². The highest BCUT2D eigenvalue weighted by molar-refractivity contribution is 6.10. The third-order valence-electron chi connectivity index (χ3n) is 3.82. The van der Waals surface area contributed by atoms with Gasteiger partial charge in [0, 0.05) is 16.6 Å². The molecule has 1 aromatic heterocycles. The molecule has 6 heteroatoms. The monoisotopic (exact) mass is 388 g/mol. The number of nitrogens with one attached hydrogen (secondary N) is 1. The molecule has 0 unspecified atom stereocenters. The largest absolute Gasteiger partial charge is 0.443 e. The summed E-state index contributed by atoms with van der Waals surface area (Å²) in [7, 11) is 0. The second-order valence-electron chi connectivity index (χ2n) is 10.0. The van der Waals surface area contributed by atoms with Gasteiger partial charge in [0.2, 0.25) is 0 Å². The van der Waals surface area contributed by atoms with Crippen LogP contribution in [0, 0.1) is 0 Å². The molecule has 28 heavy (non-hydrogen) atoms. The number of ether oxygens (including phenoxy) is 2. The number of amides is 2. The zero-order valence-electron chi connectivity index (χ0n) is 18.4. The lowest BCUT2D eigenvalue weighted by molar-refractivity contribution is 0.0431. The Morgan fingerprint density at radius 3 is 1.75 bits per heavy atom. The highest BCUT2D eigenvalue weighted by Crippen LogP contribution is 2.29. The summed E-state index contributed by atoms with van der Waals surface area (Å²) in [5, 5.41) is 1.00. The van der Waals surface area contributed by atoms with Crippen LogP contribution in [0.2, 0.25) is 0 Å². The van der Waals surface area contributed by atoms with E-state index in [-0.39, 0.29) is 5.41 Å². The Balaban J connectivity index is 2.49. The fourth-order valence-electron chi connectivity index (χ4n) is 2.56. The summed E-state index contributed by atoms with van der Waals surface area (Å²) in [5.74, 6) is 0. The molecule has 2 rings (SSSR count). The molecule has 1 heterocycles. The third kappa shape index (κ3) is 5.50. The first-order valence-electron chi connectivity index (χ1n) is 9.46. The number of H-pyrrole nitrogens is 1. The van der Waals surface area contributed by atoms with Crippen molar-refractivity contribution in [1.29, 1.82) is 0 Å². The molecular formula is C22H32N2O4. The molecule has 0 spiro atoms. The number of anilines is 1. The number of imide groups is 1. The van der Waals surface area contributed by atoms with Gasteiger partial charge < -0.3 is 14.5 Å². The van der Waals surface area contributed by atoms with Gasteiger partial charge in [-0.25, -0.2) is 9.59 Å². The Labute approximate surface area is 167 Å². The summed E-state index contributed by atoms with van der Waals surface area (Å²) in [6.07, 6.45) is -1.55. The van der Waals surface area contributed by atoms with E-state index in [9.17, 15) is 9.59 Å². The lowest BCUT2D eigenvalue weighted by atomic mass is 9.92. The predicted octanol–water partition coefficient (Wildman–Crippen LogP) is 6.14. The molecule has 154 valence electrons. The highest BCUT2D eigenvalue weighted by atomic mass is 16.6. The minimum atomic E-state index is -0.774. The van der Waals surface area contributed by atoms with Crippen molar-refractivity contribution in [3.63, 3.8) is 0 Å². The van der Waals surface area contributed by atoms with Gasteiger partial charge in [-0.2, -0.15) is 4.90 Å². The Kier molecular flexibility index (Phi) is 5.57. The number of aromatic amines is 1. The maximum Gasteiger partial charge on any atom is 0.424 e. The average Bonchev–Trinajstić information content (AvgIpc) is 2.86. The number of rotatable bonds is 1. The number of aromatic nitrogens is 1. The fraction of sp³-hybridized carbons (Fsp3) is 0.545. The van der Waals surface area contributed by atoms with Crippen molar-refractivity contribution in [3.8, 4) is 0 Å². The molecule has 0 bridgehead atoms. The molecule has 1 N–H and O–H groups in total. The van der Waals surface area contributed by atoms with Crippen LogP contribution in [0.4, 0.5) is 15.3 Å². The molecule has 1 aromatic carbocycles. The van der Waals surface area contributed by atoms with Crippen LogP contribution in [0.1, 0.15) is 68.0 Å². The van der Waals surface area contributed by atoms with Gasteiger partial charge in [-0.05, 0) is 65.1 Å². The van der Waals surface area contributed by atoms with E-state index in [4.69, 9.17) is 9.47 Å². The molecule has 0 saturated heterocycles. The van der Waals surface area contributed by atoms with E-state index in [0.29, 0.717) is 5.69 Å². The van der Waals surface area contributed by atoms with Gasteiger partial charge in [-0.3, -0.25) is 0 Å². The zero-order valence-corrected chi connectivity index (χ0v) is 18.4. The van der Waals surface area contributed by atoms with Gasteiger partial charge in [0.25, 0.3) is 0 Å². The van der Waals surface area contributed by atoms with E-state index >= 15 is 0 Å². The minimum absolute atomic E-state index is 0.0464. The summed E-state index contributed by atoms with van der Waals surface area (Å²) in [6, 6.07) is 7.43. The van der Waals surface area contributed by atoms with Crippen LogP contribution >= 0.6 is 0 Å². The standard InChI is InChI=1S/C22H32N2O4/c1-20(2,3)17-12-14-10-11-15(13-16(14)23-17)24(18(25)27-21(4,5)6)19(26)28-22(7,8)9/h10-13,23H,1-9H3. The van der Waals surface area contributed by atoms with Crippen molar-refractivity contribution in [1.82, 2.24) is 4.98 Å². The minimum Gasteiger partial charge on any atom is -0.443 e.